The van der Waals surface area contributed by atoms with Gasteiger partial charge in [0, 0.05) is 12.2 Å². The van der Waals surface area contributed by atoms with Crippen LogP contribution in [0.25, 0.3) is 10.2 Å². The molecule has 1 amide bonds. The van der Waals surface area contributed by atoms with Gasteiger partial charge in [-0.3, -0.25) is 14.5 Å². The number of piperidine rings is 1. The number of H-pyrrole nitrogens is 1. The Kier molecular flexibility index (Phi) is 4.81. The Labute approximate surface area is 154 Å². The lowest BCUT2D eigenvalue weighted by Gasteiger charge is -2.31. The van der Waals surface area contributed by atoms with Crippen LogP contribution in [0, 0.1) is 5.92 Å². The number of amides is 1. The third kappa shape index (κ3) is 3.68. The summed E-state index contributed by atoms with van der Waals surface area (Å²) in [4.78, 5) is 34.3. The van der Waals surface area contributed by atoms with Gasteiger partial charge in [-0.1, -0.05) is 18.2 Å². The van der Waals surface area contributed by atoms with Gasteiger partial charge in [0.2, 0.25) is 5.91 Å². The molecule has 1 fully saturated rings. The van der Waals surface area contributed by atoms with Crippen LogP contribution in [0.15, 0.2) is 46.6 Å². The SMILES string of the molecule is O=C(Nc1ccccc1)[C@H]1CCCN(Cc2nc3ccsc3c(=O)[nH]2)C1. The first kappa shape index (κ1) is 16.9. The molecule has 3 heterocycles. The molecule has 2 N–H and O–H groups in total. The predicted molar refractivity (Wildman–Crippen MR) is 103 cm³/mol. The van der Waals surface area contributed by atoms with Gasteiger partial charge in [0.05, 0.1) is 18.0 Å². The number of aromatic amines is 1. The lowest BCUT2D eigenvalue weighted by Crippen LogP contribution is -2.40. The third-order valence-electron chi connectivity index (χ3n) is 4.65. The molecule has 0 aliphatic carbocycles. The number of nitrogens with zero attached hydrogens (tertiary/aromatic N) is 2. The van der Waals surface area contributed by atoms with Crippen LogP contribution in [-0.2, 0) is 11.3 Å². The topological polar surface area (TPSA) is 78.1 Å². The molecule has 2 aromatic heterocycles. The average molecular weight is 368 g/mol. The highest BCUT2D eigenvalue weighted by Gasteiger charge is 2.26. The summed E-state index contributed by atoms with van der Waals surface area (Å²) in [6, 6.07) is 11.4. The van der Waals surface area contributed by atoms with Crippen LogP contribution in [0.4, 0.5) is 5.69 Å². The second-order valence-electron chi connectivity index (χ2n) is 6.58. The number of rotatable bonds is 4. The Morgan fingerprint density at radius 1 is 1.31 bits per heavy atom. The highest BCUT2D eigenvalue weighted by atomic mass is 32.1. The summed E-state index contributed by atoms with van der Waals surface area (Å²) in [6.45, 7) is 2.13. The Morgan fingerprint density at radius 2 is 2.15 bits per heavy atom. The summed E-state index contributed by atoms with van der Waals surface area (Å²) in [5.41, 5.74) is 1.48. The van der Waals surface area contributed by atoms with Crippen molar-refractivity contribution < 1.29 is 4.79 Å². The Balaban J connectivity index is 1.42. The molecule has 0 unspecified atom stereocenters. The molecular weight excluding hydrogens is 348 g/mol. The van der Waals surface area contributed by atoms with Gasteiger partial charge in [-0.15, -0.1) is 11.3 Å². The van der Waals surface area contributed by atoms with Crippen molar-refractivity contribution in [2.75, 3.05) is 18.4 Å². The molecular formula is C19H20N4O2S. The van der Waals surface area contributed by atoms with Gasteiger partial charge in [-0.05, 0) is 43.0 Å². The maximum Gasteiger partial charge on any atom is 0.268 e. The van der Waals surface area contributed by atoms with E-state index in [-0.39, 0.29) is 17.4 Å². The highest BCUT2D eigenvalue weighted by molar-refractivity contribution is 7.17. The van der Waals surface area contributed by atoms with E-state index in [0.717, 1.165) is 30.6 Å². The standard InChI is InChI=1S/C19H20N4O2S/c24-18(20-14-6-2-1-3-7-14)13-5-4-9-23(11-13)12-16-21-15-8-10-26-17(15)19(25)22-16/h1-3,6-8,10,13H,4-5,9,11-12H2,(H,20,24)(H,21,22,25)/t13-/m0/s1. The van der Waals surface area contributed by atoms with Gasteiger partial charge < -0.3 is 10.3 Å². The van der Waals surface area contributed by atoms with E-state index < -0.39 is 0 Å². The molecule has 0 spiro atoms. The number of anilines is 1. The van der Waals surface area contributed by atoms with E-state index in [4.69, 9.17) is 0 Å². The predicted octanol–water partition coefficient (Wildman–Crippen LogP) is 2.84. The number of aromatic nitrogens is 2. The van der Waals surface area contributed by atoms with E-state index in [1.807, 2.05) is 41.8 Å². The summed E-state index contributed by atoms with van der Waals surface area (Å²) in [6.07, 6.45) is 1.83. The molecule has 1 saturated heterocycles. The maximum atomic E-state index is 12.5. The summed E-state index contributed by atoms with van der Waals surface area (Å²) in [5, 5.41) is 4.86. The number of para-hydroxylation sites is 1. The van der Waals surface area contributed by atoms with Crippen LogP contribution in [0.3, 0.4) is 0 Å². The minimum atomic E-state index is -0.0876. The molecule has 3 aromatic rings. The molecule has 1 aromatic carbocycles. The molecule has 7 heteroatoms. The fourth-order valence-electron chi connectivity index (χ4n) is 3.39. The molecule has 0 bridgehead atoms. The van der Waals surface area contributed by atoms with Gasteiger partial charge in [0.1, 0.15) is 10.5 Å². The van der Waals surface area contributed by atoms with Gasteiger partial charge in [-0.2, -0.15) is 0 Å². The zero-order chi connectivity index (χ0) is 17.9. The van der Waals surface area contributed by atoms with E-state index in [2.05, 4.69) is 20.2 Å². The minimum absolute atomic E-state index is 0.0515. The number of carbonyl (C=O) groups excluding carboxylic acids is 1. The van der Waals surface area contributed by atoms with Crippen LogP contribution >= 0.6 is 11.3 Å². The van der Waals surface area contributed by atoms with Gasteiger partial charge >= 0.3 is 0 Å². The average Bonchev–Trinajstić information content (AvgIpc) is 3.12. The second-order valence-corrected chi connectivity index (χ2v) is 7.49. The van der Waals surface area contributed by atoms with Crippen LogP contribution in [-0.4, -0.2) is 33.9 Å². The van der Waals surface area contributed by atoms with Crippen molar-refractivity contribution in [3.63, 3.8) is 0 Å². The zero-order valence-corrected chi connectivity index (χ0v) is 15.1. The van der Waals surface area contributed by atoms with E-state index in [0.29, 0.717) is 23.6 Å². The summed E-state index contributed by atoms with van der Waals surface area (Å²) in [5.74, 6) is 0.654. The zero-order valence-electron chi connectivity index (χ0n) is 14.3. The number of hydrogen-bond donors (Lipinski definition) is 2. The van der Waals surface area contributed by atoms with Gasteiger partial charge in [0.25, 0.3) is 5.56 Å². The summed E-state index contributed by atoms with van der Waals surface area (Å²) >= 11 is 1.40. The summed E-state index contributed by atoms with van der Waals surface area (Å²) < 4.78 is 0.660. The normalized spacial score (nSPS) is 18.1. The maximum absolute atomic E-state index is 12.5. The number of hydrogen-bond acceptors (Lipinski definition) is 5. The fraction of sp³-hybridized carbons (Fsp3) is 0.316. The molecule has 6 nitrogen and oxygen atoms in total. The molecule has 134 valence electrons. The highest BCUT2D eigenvalue weighted by Crippen LogP contribution is 2.20. The van der Waals surface area contributed by atoms with E-state index >= 15 is 0 Å². The van der Waals surface area contributed by atoms with Gasteiger partial charge in [0.15, 0.2) is 0 Å². The first-order valence-electron chi connectivity index (χ1n) is 8.74. The molecule has 1 aliphatic heterocycles. The van der Waals surface area contributed by atoms with E-state index in [9.17, 15) is 9.59 Å². The number of thiophene rings is 1. The largest absolute Gasteiger partial charge is 0.326 e. The second kappa shape index (κ2) is 7.39. The molecule has 1 atom stereocenters. The lowest BCUT2D eigenvalue weighted by atomic mass is 9.97. The smallest absolute Gasteiger partial charge is 0.268 e. The van der Waals surface area contributed by atoms with Crippen LogP contribution in [0.5, 0.6) is 0 Å². The van der Waals surface area contributed by atoms with Crippen molar-refractivity contribution in [3.8, 4) is 0 Å². The number of nitrogens with one attached hydrogen (secondary N) is 2. The lowest BCUT2D eigenvalue weighted by molar-refractivity contribution is -0.121. The van der Waals surface area contributed by atoms with Gasteiger partial charge in [-0.25, -0.2) is 4.98 Å². The van der Waals surface area contributed by atoms with E-state index in [1.165, 1.54) is 11.3 Å². The number of carbonyl (C=O) groups is 1. The number of benzene rings is 1. The molecule has 4 rings (SSSR count). The third-order valence-corrected chi connectivity index (χ3v) is 5.56. The molecule has 1 aliphatic rings. The number of fused-ring (bicyclic) bond motifs is 1. The monoisotopic (exact) mass is 368 g/mol. The van der Waals surface area contributed by atoms with E-state index in [1.54, 1.807) is 0 Å². The van der Waals surface area contributed by atoms with Crippen molar-refractivity contribution in [3.05, 3.63) is 58.0 Å². The Bertz CT molecular complexity index is 966. The Hall–Kier alpha value is -2.51. The molecule has 0 radical (unpaired) electrons. The minimum Gasteiger partial charge on any atom is -0.326 e. The van der Waals surface area contributed by atoms with Crippen LogP contribution in [0.2, 0.25) is 0 Å². The van der Waals surface area contributed by atoms with Crippen LogP contribution in [0.1, 0.15) is 18.7 Å². The van der Waals surface area contributed by atoms with Crippen molar-refractivity contribution >= 4 is 33.1 Å². The van der Waals surface area contributed by atoms with Crippen molar-refractivity contribution in [1.82, 2.24) is 14.9 Å². The summed E-state index contributed by atoms with van der Waals surface area (Å²) in [7, 11) is 0. The van der Waals surface area contributed by atoms with Crippen molar-refractivity contribution in [2.24, 2.45) is 5.92 Å². The molecule has 0 saturated carbocycles. The van der Waals surface area contributed by atoms with Crippen molar-refractivity contribution in [1.29, 1.82) is 0 Å². The molecule has 26 heavy (non-hydrogen) atoms. The van der Waals surface area contributed by atoms with Crippen molar-refractivity contribution in [2.45, 2.75) is 19.4 Å². The Morgan fingerprint density at radius 3 is 3.00 bits per heavy atom. The number of likely N-dealkylation sites (tertiary alicyclic amines) is 1. The fourth-order valence-corrected chi connectivity index (χ4v) is 4.11. The van der Waals surface area contributed by atoms with Crippen LogP contribution < -0.4 is 10.9 Å². The first-order valence-corrected chi connectivity index (χ1v) is 9.62. The first-order chi connectivity index (χ1) is 12.7. The quantitative estimate of drug-likeness (QED) is 0.742.